The molecular weight excluding hydrogens is 258 g/mol. The standard InChI is InChI=1S/C14H17N3O3/c1-3-20-12-6-4-11(5-7-12)17-10(2)13(15-16-17)8-9-14(18)19/h4-7H,3,8-9H2,1-2H3,(H,18,19). The molecule has 1 aromatic carbocycles. The first-order valence-electron chi connectivity index (χ1n) is 6.48. The number of carboxylic acid groups (broad SMARTS) is 1. The van der Waals surface area contributed by atoms with Crippen LogP contribution in [0.15, 0.2) is 24.3 Å². The van der Waals surface area contributed by atoms with Gasteiger partial charge >= 0.3 is 5.97 Å². The summed E-state index contributed by atoms with van der Waals surface area (Å²) in [6, 6.07) is 7.54. The van der Waals surface area contributed by atoms with Crippen molar-refractivity contribution in [2.24, 2.45) is 0 Å². The van der Waals surface area contributed by atoms with Crippen LogP contribution in [0.2, 0.25) is 0 Å². The number of carboxylic acids is 1. The lowest BCUT2D eigenvalue weighted by molar-refractivity contribution is -0.136. The number of aryl methyl sites for hydroxylation is 1. The zero-order chi connectivity index (χ0) is 14.5. The Morgan fingerprint density at radius 2 is 2.05 bits per heavy atom. The molecule has 0 amide bonds. The van der Waals surface area contributed by atoms with Crippen molar-refractivity contribution >= 4 is 5.97 Å². The summed E-state index contributed by atoms with van der Waals surface area (Å²) >= 11 is 0. The number of nitrogens with zero attached hydrogens (tertiary/aromatic N) is 3. The first-order chi connectivity index (χ1) is 9.61. The largest absolute Gasteiger partial charge is 0.494 e. The second-order valence-corrected chi connectivity index (χ2v) is 4.35. The van der Waals surface area contributed by atoms with Gasteiger partial charge in [0.05, 0.1) is 30.1 Å². The summed E-state index contributed by atoms with van der Waals surface area (Å²) in [5.41, 5.74) is 2.44. The second kappa shape index (κ2) is 6.18. The molecule has 2 aromatic rings. The maximum Gasteiger partial charge on any atom is 0.303 e. The summed E-state index contributed by atoms with van der Waals surface area (Å²) in [7, 11) is 0. The van der Waals surface area contributed by atoms with Gasteiger partial charge in [0.25, 0.3) is 0 Å². The molecule has 0 aliphatic heterocycles. The van der Waals surface area contributed by atoms with Gasteiger partial charge in [0.2, 0.25) is 0 Å². The lowest BCUT2D eigenvalue weighted by Gasteiger charge is -2.06. The topological polar surface area (TPSA) is 77.2 Å². The normalized spacial score (nSPS) is 10.5. The number of ether oxygens (including phenoxy) is 1. The lowest BCUT2D eigenvalue weighted by Crippen LogP contribution is -2.01. The van der Waals surface area contributed by atoms with Gasteiger partial charge in [-0.05, 0) is 38.1 Å². The predicted octanol–water partition coefficient (Wildman–Crippen LogP) is 1.99. The minimum atomic E-state index is -0.833. The van der Waals surface area contributed by atoms with Gasteiger partial charge < -0.3 is 9.84 Å². The van der Waals surface area contributed by atoms with Gasteiger partial charge in [-0.15, -0.1) is 5.10 Å². The molecule has 0 fully saturated rings. The monoisotopic (exact) mass is 275 g/mol. The highest BCUT2D eigenvalue weighted by Crippen LogP contribution is 2.17. The minimum Gasteiger partial charge on any atom is -0.494 e. The van der Waals surface area contributed by atoms with Crippen molar-refractivity contribution in [3.63, 3.8) is 0 Å². The van der Waals surface area contributed by atoms with Crippen LogP contribution in [0.3, 0.4) is 0 Å². The average Bonchev–Trinajstić information content (AvgIpc) is 2.79. The predicted molar refractivity (Wildman–Crippen MR) is 73.2 cm³/mol. The van der Waals surface area contributed by atoms with E-state index < -0.39 is 5.97 Å². The highest BCUT2D eigenvalue weighted by molar-refractivity contribution is 5.67. The van der Waals surface area contributed by atoms with Crippen LogP contribution in [0.25, 0.3) is 5.69 Å². The van der Waals surface area contributed by atoms with E-state index in [4.69, 9.17) is 9.84 Å². The number of rotatable bonds is 6. The number of hydrogen-bond acceptors (Lipinski definition) is 4. The van der Waals surface area contributed by atoms with Crippen LogP contribution in [-0.4, -0.2) is 32.7 Å². The summed E-state index contributed by atoms with van der Waals surface area (Å²) in [5.74, 6) is -0.0277. The van der Waals surface area contributed by atoms with Crippen molar-refractivity contribution in [1.82, 2.24) is 15.0 Å². The maximum atomic E-state index is 10.6. The molecule has 0 spiro atoms. The molecule has 20 heavy (non-hydrogen) atoms. The van der Waals surface area contributed by atoms with Crippen molar-refractivity contribution in [1.29, 1.82) is 0 Å². The molecule has 1 heterocycles. The molecule has 2 rings (SSSR count). The van der Waals surface area contributed by atoms with E-state index in [2.05, 4.69) is 10.3 Å². The number of aromatic nitrogens is 3. The zero-order valence-corrected chi connectivity index (χ0v) is 11.5. The van der Waals surface area contributed by atoms with Crippen molar-refractivity contribution in [2.75, 3.05) is 6.61 Å². The smallest absolute Gasteiger partial charge is 0.303 e. The van der Waals surface area contributed by atoms with Crippen molar-refractivity contribution < 1.29 is 14.6 Å². The van der Waals surface area contributed by atoms with Gasteiger partial charge in [-0.1, -0.05) is 5.21 Å². The third-order valence-electron chi connectivity index (χ3n) is 2.96. The lowest BCUT2D eigenvalue weighted by atomic mass is 10.2. The Balaban J connectivity index is 2.18. The molecule has 1 N–H and O–H groups in total. The summed E-state index contributed by atoms with van der Waals surface area (Å²) in [4.78, 5) is 10.6. The van der Waals surface area contributed by atoms with Crippen LogP contribution >= 0.6 is 0 Å². The molecule has 1 aromatic heterocycles. The van der Waals surface area contributed by atoms with E-state index in [1.165, 1.54) is 0 Å². The molecule has 0 saturated heterocycles. The van der Waals surface area contributed by atoms with Crippen LogP contribution in [0.1, 0.15) is 24.7 Å². The highest BCUT2D eigenvalue weighted by atomic mass is 16.5. The summed E-state index contributed by atoms with van der Waals surface area (Å²) in [5, 5.41) is 16.8. The fourth-order valence-electron chi connectivity index (χ4n) is 1.91. The Bertz CT molecular complexity index is 590. The summed E-state index contributed by atoms with van der Waals surface area (Å²) in [6.45, 7) is 4.44. The third kappa shape index (κ3) is 3.14. The molecular formula is C14H17N3O3. The third-order valence-corrected chi connectivity index (χ3v) is 2.96. The fraction of sp³-hybridized carbons (Fsp3) is 0.357. The van der Waals surface area contributed by atoms with Crippen LogP contribution in [-0.2, 0) is 11.2 Å². The Morgan fingerprint density at radius 3 is 2.65 bits per heavy atom. The number of hydrogen-bond donors (Lipinski definition) is 1. The average molecular weight is 275 g/mol. The molecule has 0 bridgehead atoms. The van der Waals surface area contributed by atoms with Crippen molar-refractivity contribution in [2.45, 2.75) is 26.7 Å². The van der Waals surface area contributed by atoms with E-state index >= 15 is 0 Å². The van der Waals surface area contributed by atoms with E-state index in [0.29, 0.717) is 18.7 Å². The second-order valence-electron chi connectivity index (χ2n) is 4.35. The Hall–Kier alpha value is -2.37. The van der Waals surface area contributed by atoms with Gasteiger partial charge in [0.1, 0.15) is 5.75 Å². The van der Waals surface area contributed by atoms with Crippen LogP contribution < -0.4 is 4.74 Å². The molecule has 0 atom stereocenters. The molecule has 0 radical (unpaired) electrons. The van der Waals surface area contributed by atoms with E-state index in [1.807, 2.05) is 38.1 Å². The van der Waals surface area contributed by atoms with Gasteiger partial charge in [0, 0.05) is 6.42 Å². The Labute approximate surface area is 117 Å². The molecule has 6 nitrogen and oxygen atoms in total. The number of aliphatic carboxylic acids is 1. The van der Waals surface area contributed by atoms with Gasteiger partial charge in [0.15, 0.2) is 0 Å². The van der Waals surface area contributed by atoms with Gasteiger partial charge in [-0.3, -0.25) is 4.79 Å². The zero-order valence-electron chi connectivity index (χ0n) is 11.5. The van der Waals surface area contributed by atoms with E-state index in [0.717, 1.165) is 17.1 Å². The van der Waals surface area contributed by atoms with Crippen LogP contribution in [0.4, 0.5) is 0 Å². The maximum absolute atomic E-state index is 10.6. The first kappa shape index (κ1) is 14.0. The number of benzene rings is 1. The van der Waals surface area contributed by atoms with Crippen molar-refractivity contribution in [3.8, 4) is 11.4 Å². The summed E-state index contributed by atoms with van der Waals surface area (Å²) in [6.07, 6.45) is 0.445. The van der Waals surface area contributed by atoms with Crippen LogP contribution in [0, 0.1) is 6.92 Å². The Morgan fingerprint density at radius 1 is 1.35 bits per heavy atom. The van der Waals surface area contributed by atoms with E-state index in [9.17, 15) is 4.79 Å². The van der Waals surface area contributed by atoms with E-state index in [-0.39, 0.29) is 6.42 Å². The van der Waals surface area contributed by atoms with Gasteiger partial charge in [-0.2, -0.15) is 0 Å². The first-order valence-corrected chi connectivity index (χ1v) is 6.48. The van der Waals surface area contributed by atoms with Gasteiger partial charge in [-0.25, -0.2) is 4.68 Å². The molecule has 0 saturated carbocycles. The molecule has 0 unspecified atom stereocenters. The summed E-state index contributed by atoms with van der Waals surface area (Å²) < 4.78 is 7.09. The molecule has 0 aliphatic rings. The highest BCUT2D eigenvalue weighted by Gasteiger charge is 2.11. The molecule has 0 aliphatic carbocycles. The molecule has 106 valence electrons. The van der Waals surface area contributed by atoms with E-state index in [1.54, 1.807) is 4.68 Å². The minimum absolute atomic E-state index is 0.0583. The van der Waals surface area contributed by atoms with Crippen molar-refractivity contribution in [3.05, 3.63) is 35.7 Å². The molecule has 6 heteroatoms. The quantitative estimate of drug-likeness (QED) is 0.872. The van der Waals surface area contributed by atoms with Crippen LogP contribution in [0.5, 0.6) is 5.75 Å². The number of carbonyl (C=O) groups is 1. The SMILES string of the molecule is CCOc1ccc(-n2nnc(CCC(=O)O)c2C)cc1. The Kier molecular flexibility index (Phi) is 4.34. The fourth-order valence-corrected chi connectivity index (χ4v) is 1.91.